The second-order valence-electron chi connectivity index (χ2n) is 6.58. The Hall–Kier alpha value is -1.67. The van der Waals surface area contributed by atoms with E-state index in [-0.39, 0.29) is 17.7 Å². The summed E-state index contributed by atoms with van der Waals surface area (Å²) in [5.41, 5.74) is 0.527. The highest BCUT2D eigenvalue weighted by molar-refractivity contribution is 7.90. The average molecular weight is 352 g/mol. The number of fused-ring (bicyclic) bond motifs is 1. The Bertz CT molecular complexity index is 690. The summed E-state index contributed by atoms with van der Waals surface area (Å²) in [7, 11) is -3.37. The number of sulfonamides is 1. The minimum absolute atomic E-state index is 0.0267. The highest BCUT2D eigenvalue weighted by Crippen LogP contribution is 2.16. The van der Waals surface area contributed by atoms with Crippen LogP contribution in [-0.4, -0.2) is 67.9 Å². The standard InChI is InChI=1S/C16H24N4O3S/c1-13(11-19-7-3-2-4-8-19)17-16(21)14-5-6-15-18-24(22,23)10-9-20(15)12-14/h5-6,12-13H,2-4,7-11H2,1H3,(H,17,21). The Morgan fingerprint density at radius 3 is 2.75 bits per heavy atom. The maximum absolute atomic E-state index is 12.4. The molecule has 0 saturated carbocycles. The fourth-order valence-electron chi connectivity index (χ4n) is 3.22. The molecule has 3 aliphatic rings. The van der Waals surface area contributed by atoms with Crippen LogP contribution in [0.4, 0.5) is 0 Å². The summed E-state index contributed by atoms with van der Waals surface area (Å²) in [6, 6.07) is 0.0710. The Morgan fingerprint density at radius 2 is 2.00 bits per heavy atom. The molecule has 1 atom stereocenters. The Kier molecular flexibility index (Phi) is 5.05. The van der Waals surface area contributed by atoms with Gasteiger partial charge in [-0.2, -0.15) is 0 Å². The molecule has 7 nitrogen and oxygen atoms in total. The van der Waals surface area contributed by atoms with E-state index in [1.807, 2.05) is 6.92 Å². The van der Waals surface area contributed by atoms with Crippen LogP contribution in [0.15, 0.2) is 28.3 Å². The molecular formula is C16H24N4O3S. The topological polar surface area (TPSA) is 82.1 Å². The van der Waals surface area contributed by atoms with E-state index in [0.29, 0.717) is 18.0 Å². The number of nitrogens with one attached hydrogen (secondary N) is 1. The van der Waals surface area contributed by atoms with Crippen LogP contribution in [0.5, 0.6) is 0 Å². The lowest BCUT2D eigenvalue weighted by molar-refractivity contribution is -0.117. The first-order chi connectivity index (χ1) is 11.4. The number of carbonyl (C=O) groups is 1. The maximum Gasteiger partial charge on any atom is 0.256 e. The molecule has 24 heavy (non-hydrogen) atoms. The van der Waals surface area contributed by atoms with Gasteiger partial charge in [0, 0.05) is 25.3 Å². The van der Waals surface area contributed by atoms with Crippen molar-refractivity contribution < 1.29 is 13.2 Å². The molecule has 0 aromatic heterocycles. The minimum atomic E-state index is -3.37. The van der Waals surface area contributed by atoms with Gasteiger partial charge in [0.15, 0.2) is 0 Å². The van der Waals surface area contributed by atoms with Gasteiger partial charge in [-0.15, -0.1) is 4.40 Å². The monoisotopic (exact) mass is 352 g/mol. The van der Waals surface area contributed by atoms with Crippen LogP contribution in [0.2, 0.25) is 0 Å². The Labute approximate surface area is 143 Å². The van der Waals surface area contributed by atoms with Crippen molar-refractivity contribution in [2.24, 2.45) is 4.40 Å². The lowest BCUT2D eigenvalue weighted by atomic mass is 10.1. The first-order valence-electron chi connectivity index (χ1n) is 8.45. The summed E-state index contributed by atoms with van der Waals surface area (Å²) in [6.07, 6.45) is 8.64. The van der Waals surface area contributed by atoms with Gasteiger partial charge in [0.1, 0.15) is 5.84 Å². The van der Waals surface area contributed by atoms with Gasteiger partial charge in [-0.3, -0.25) is 4.79 Å². The molecule has 3 aliphatic heterocycles. The SMILES string of the molecule is CC(CN1CCCCC1)NC(=O)C1=CN2CCS(=O)(=O)N=C2C=C1. The van der Waals surface area contributed by atoms with Gasteiger partial charge in [-0.05, 0) is 45.0 Å². The van der Waals surface area contributed by atoms with Gasteiger partial charge in [0.2, 0.25) is 0 Å². The van der Waals surface area contributed by atoms with Crippen molar-refractivity contribution in [2.75, 3.05) is 31.9 Å². The zero-order valence-electron chi connectivity index (χ0n) is 13.9. The fourth-order valence-corrected chi connectivity index (χ4v) is 4.19. The van der Waals surface area contributed by atoms with Crippen LogP contribution >= 0.6 is 0 Å². The van der Waals surface area contributed by atoms with E-state index in [9.17, 15) is 13.2 Å². The largest absolute Gasteiger partial charge is 0.348 e. The first-order valence-corrected chi connectivity index (χ1v) is 10.1. The Balaban J connectivity index is 1.58. The van der Waals surface area contributed by atoms with Gasteiger partial charge in [0.05, 0.1) is 11.3 Å². The summed E-state index contributed by atoms with van der Waals surface area (Å²) in [5.74, 6) is 0.212. The molecule has 8 heteroatoms. The maximum atomic E-state index is 12.4. The van der Waals surface area contributed by atoms with Crippen LogP contribution in [0.25, 0.3) is 0 Å². The smallest absolute Gasteiger partial charge is 0.256 e. The molecule has 0 aromatic carbocycles. The third-order valence-electron chi connectivity index (χ3n) is 4.44. The molecule has 0 aromatic rings. The molecule has 1 N–H and O–H groups in total. The van der Waals surface area contributed by atoms with Crippen molar-refractivity contribution in [3.05, 3.63) is 23.9 Å². The molecule has 1 amide bonds. The summed E-state index contributed by atoms with van der Waals surface area (Å²) in [6.45, 7) is 5.40. The van der Waals surface area contributed by atoms with Crippen molar-refractivity contribution in [1.29, 1.82) is 0 Å². The van der Waals surface area contributed by atoms with E-state index in [0.717, 1.165) is 19.6 Å². The Morgan fingerprint density at radius 1 is 1.25 bits per heavy atom. The molecule has 0 radical (unpaired) electrons. The van der Waals surface area contributed by atoms with E-state index >= 15 is 0 Å². The van der Waals surface area contributed by atoms with E-state index in [1.54, 1.807) is 23.3 Å². The van der Waals surface area contributed by atoms with Gasteiger partial charge >= 0.3 is 0 Å². The predicted molar refractivity (Wildman–Crippen MR) is 93.0 cm³/mol. The molecule has 132 valence electrons. The van der Waals surface area contributed by atoms with Crippen molar-refractivity contribution in [2.45, 2.75) is 32.2 Å². The summed E-state index contributed by atoms with van der Waals surface area (Å²) < 4.78 is 26.7. The summed E-state index contributed by atoms with van der Waals surface area (Å²) in [4.78, 5) is 16.5. The van der Waals surface area contributed by atoms with Crippen molar-refractivity contribution in [3.8, 4) is 0 Å². The molecule has 0 bridgehead atoms. The molecule has 0 spiro atoms. The zero-order chi connectivity index (χ0) is 17.2. The molecule has 1 unspecified atom stereocenters. The molecule has 0 aliphatic carbocycles. The molecule has 3 heterocycles. The highest BCUT2D eigenvalue weighted by atomic mass is 32.2. The minimum Gasteiger partial charge on any atom is -0.348 e. The van der Waals surface area contributed by atoms with Crippen LogP contribution in [-0.2, 0) is 14.8 Å². The van der Waals surface area contributed by atoms with Crippen LogP contribution in [0.3, 0.4) is 0 Å². The quantitative estimate of drug-likeness (QED) is 0.796. The van der Waals surface area contributed by atoms with Gasteiger partial charge in [0.25, 0.3) is 15.9 Å². The number of nitrogens with zero attached hydrogens (tertiary/aromatic N) is 3. The third-order valence-corrected chi connectivity index (χ3v) is 5.61. The van der Waals surface area contributed by atoms with E-state index in [4.69, 9.17) is 0 Å². The number of piperidine rings is 1. The number of rotatable bonds is 4. The molecule has 1 fully saturated rings. The summed E-state index contributed by atoms with van der Waals surface area (Å²) >= 11 is 0. The van der Waals surface area contributed by atoms with Crippen molar-refractivity contribution >= 4 is 21.8 Å². The number of likely N-dealkylation sites (tertiary alicyclic amines) is 1. The number of hydrogen-bond acceptors (Lipinski definition) is 5. The average Bonchev–Trinajstić information content (AvgIpc) is 2.54. The van der Waals surface area contributed by atoms with Crippen LogP contribution in [0, 0.1) is 0 Å². The zero-order valence-corrected chi connectivity index (χ0v) is 14.8. The summed E-state index contributed by atoms with van der Waals surface area (Å²) in [5, 5.41) is 3.02. The second kappa shape index (κ2) is 7.06. The molecular weight excluding hydrogens is 328 g/mol. The third kappa shape index (κ3) is 4.24. The number of hydrogen-bond donors (Lipinski definition) is 1. The highest BCUT2D eigenvalue weighted by Gasteiger charge is 2.25. The molecule has 1 saturated heterocycles. The van der Waals surface area contributed by atoms with Crippen molar-refractivity contribution in [3.63, 3.8) is 0 Å². The fraction of sp³-hybridized carbons (Fsp3) is 0.625. The lowest BCUT2D eigenvalue weighted by Crippen LogP contribution is -2.44. The van der Waals surface area contributed by atoms with Crippen LogP contribution < -0.4 is 5.32 Å². The van der Waals surface area contributed by atoms with Gasteiger partial charge in [-0.25, -0.2) is 8.42 Å². The molecule has 3 rings (SSSR count). The number of carbonyl (C=O) groups excluding carboxylic acids is 1. The number of amidine groups is 1. The number of amides is 1. The van der Waals surface area contributed by atoms with Gasteiger partial charge < -0.3 is 15.1 Å². The lowest BCUT2D eigenvalue weighted by Gasteiger charge is -2.30. The first kappa shape index (κ1) is 17.2. The van der Waals surface area contributed by atoms with E-state index in [1.165, 1.54) is 19.3 Å². The van der Waals surface area contributed by atoms with E-state index < -0.39 is 10.0 Å². The normalized spacial score (nSPS) is 24.6. The van der Waals surface area contributed by atoms with Crippen molar-refractivity contribution in [1.82, 2.24) is 15.1 Å². The van der Waals surface area contributed by atoms with E-state index in [2.05, 4.69) is 14.6 Å². The predicted octanol–water partition coefficient (Wildman–Crippen LogP) is 0.475. The second-order valence-corrected chi connectivity index (χ2v) is 8.34. The van der Waals surface area contributed by atoms with Gasteiger partial charge in [-0.1, -0.05) is 6.42 Å². The van der Waals surface area contributed by atoms with Crippen LogP contribution in [0.1, 0.15) is 26.2 Å².